The van der Waals surface area contributed by atoms with E-state index in [-0.39, 0.29) is 5.97 Å². The number of carbonyl (C=O) groups is 1. The van der Waals surface area contributed by atoms with Gasteiger partial charge in [-0.2, -0.15) is 0 Å². The molecule has 0 unspecified atom stereocenters. The lowest BCUT2D eigenvalue weighted by Crippen LogP contribution is -2.04. The van der Waals surface area contributed by atoms with Gasteiger partial charge in [-0.3, -0.25) is 0 Å². The Balaban J connectivity index is 2.66. The molecule has 0 heterocycles. The molecule has 92 valence electrons. The lowest BCUT2D eigenvalue weighted by atomic mass is 10.3. The Morgan fingerprint density at radius 3 is 2.88 bits per heavy atom. The van der Waals surface area contributed by atoms with Gasteiger partial charge in [0.05, 0.1) is 13.7 Å². The first-order chi connectivity index (χ1) is 8.15. The lowest BCUT2D eigenvalue weighted by molar-refractivity contribution is -0.137. The molecule has 0 aliphatic rings. The van der Waals surface area contributed by atoms with Crippen molar-refractivity contribution in [2.45, 2.75) is 13.8 Å². The number of hydrogen-bond donors (Lipinski definition) is 1. The molecule has 17 heavy (non-hydrogen) atoms. The van der Waals surface area contributed by atoms with E-state index in [1.54, 1.807) is 21.0 Å². The second kappa shape index (κ2) is 6.58. The largest absolute Gasteiger partial charge is 0.497 e. The molecule has 0 spiro atoms. The molecule has 4 nitrogen and oxygen atoms in total. The van der Waals surface area contributed by atoms with E-state index < -0.39 is 0 Å². The van der Waals surface area contributed by atoms with Gasteiger partial charge in [0.25, 0.3) is 0 Å². The highest BCUT2D eigenvalue weighted by molar-refractivity contribution is 5.83. The number of hydrogen-bond acceptors (Lipinski definition) is 4. The Labute approximate surface area is 101 Å². The molecule has 0 aliphatic carbocycles. The van der Waals surface area contributed by atoms with E-state index in [4.69, 9.17) is 9.47 Å². The van der Waals surface area contributed by atoms with E-state index in [1.165, 1.54) is 6.08 Å². The van der Waals surface area contributed by atoms with E-state index in [2.05, 4.69) is 5.32 Å². The summed E-state index contributed by atoms with van der Waals surface area (Å²) in [5, 5.41) is 3.09. The summed E-state index contributed by atoms with van der Waals surface area (Å²) in [4.78, 5) is 11.2. The Kier molecular flexibility index (Phi) is 5.07. The van der Waals surface area contributed by atoms with Crippen LogP contribution in [0, 0.1) is 0 Å². The van der Waals surface area contributed by atoms with Gasteiger partial charge < -0.3 is 14.8 Å². The number of carbonyl (C=O) groups excluding carboxylic acids is 1. The summed E-state index contributed by atoms with van der Waals surface area (Å²) in [6.07, 6.45) is 1.42. The van der Waals surface area contributed by atoms with Crippen LogP contribution in [0.15, 0.2) is 36.0 Å². The average molecular weight is 235 g/mol. The first-order valence-corrected chi connectivity index (χ1v) is 5.42. The van der Waals surface area contributed by atoms with E-state index in [1.807, 2.05) is 24.3 Å². The molecule has 0 saturated heterocycles. The predicted molar refractivity (Wildman–Crippen MR) is 67.0 cm³/mol. The molecule has 1 aromatic rings. The van der Waals surface area contributed by atoms with Gasteiger partial charge in [0.15, 0.2) is 0 Å². The summed E-state index contributed by atoms with van der Waals surface area (Å²) in [6.45, 7) is 3.95. The minimum Gasteiger partial charge on any atom is -0.497 e. The maximum absolute atomic E-state index is 11.2. The molecule has 0 radical (unpaired) electrons. The van der Waals surface area contributed by atoms with Crippen molar-refractivity contribution in [1.82, 2.24) is 0 Å². The molecular weight excluding hydrogens is 218 g/mol. The molecule has 0 bridgehead atoms. The summed E-state index contributed by atoms with van der Waals surface area (Å²) in [7, 11) is 1.61. The molecule has 1 aromatic carbocycles. The van der Waals surface area contributed by atoms with Gasteiger partial charge in [0.2, 0.25) is 0 Å². The van der Waals surface area contributed by atoms with Crippen LogP contribution < -0.4 is 10.1 Å². The fourth-order valence-corrected chi connectivity index (χ4v) is 1.33. The Bertz CT molecular complexity index is 413. The van der Waals surface area contributed by atoms with Crippen molar-refractivity contribution in [2.24, 2.45) is 0 Å². The lowest BCUT2D eigenvalue weighted by Gasteiger charge is -2.08. The van der Waals surface area contributed by atoms with Crippen molar-refractivity contribution in [1.29, 1.82) is 0 Å². The van der Waals surface area contributed by atoms with Crippen LogP contribution in [0.4, 0.5) is 5.69 Å². The number of anilines is 1. The fraction of sp³-hybridized carbons (Fsp3) is 0.308. The first-order valence-electron chi connectivity index (χ1n) is 5.42. The monoisotopic (exact) mass is 235 g/mol. The van der Waals surface area contributed by atoms with Gasteiger partial charge in [0.1, 0.15) is 5.75 Å². The van der Waals surface area contributed by atoms with Crippen LogP contribution in [0.2, 0.25) is 0 Å². The van der Waals surface area contributed by atoms with Crippen molar-refractivity contribution < 1.29 is 14.3 Å². The number of esters is 1. The van der Waals surface area contributed by atoms with Crippen molar-refractivity contribution in [3.05, 3.63) is 36.0 Å². The van der Waals surface area contributed by atoms with E-state index in [0.717, 1.165) is 17.1 Å². The number of benzene rings is 1. The molecular formula is C13H17NO3. The standard InChI is InChI=1S/C13H17NO3/c1-4-17-13(15)8-10(2)14-11-6-5-7-12(9-11)16-3/h5-9,14H,4H2,1-3H3/b10-8+. The summed E-state index contributed by atoms with van der Waals surface area (Å²) in [6, 6.07) is 7.47. The van der Waals surface area contributed by atoms with Gasteiger partial charge >= 0.3 is 5.97 Å². The first kappa shape index (κ1) is 13.1. The minimum absolute atomic E-state index is 0.347. The second-order valence-electron chi connectivity index (χ2n) is 3.44. The normalized spacial score (nSPS) is 10.9. The Morgan fingerprint density at radius 1 is 1.47 bits per heavy atom. The zero-order valence-corrected chi connectivity index (χ0v) is 10.3. The summed E-state index contributed by atoms with van der Waals surface area (Å²) >= 11 is 0. The van der Waals surface area contributed by atoms with Gasteiger partial charge in [-0.05, 0) is 26.0 Å². The van der Waals surface area contributed by atoms with Crippen LogP contribution in [0.1, 0.15) is 13.8 Å². The van der Waals surface area contributed by atoms with Crippen LogP contribution in [-0.4, -0.2) is 19.7 Å². The molecule has 0 amide bonds. The summed E-state index contributed by atoms with van der Waals surface area (Å²) < 4.78 is 9.92. The van der Waals surface area contributed by atoms with Gasteiger partial charge in [0, 0.05) is 23.5 Å². The third-order valence-corrected chi connectivity index (χ3v) is 2.03. The molecule has 1 N–H and O–H groups in total. The zero-order chi connectivity index (χ0) is 12.7. The van der Waals surface area contributed by atoms with E-state index in [0.29, 0.717) is 6.61 Å². The maximum Gasteiger partial charge on any atom is 0.332 e. The third-order valence-electron chi connectivity index (χ3n) is 2.03. The number of ether oxygens (including phenoxy) is 2. The second-order valence-corrected chi connectivity index (χ2v) is 3.44. The van der Waals surface area contributed by atoms with Gasteiger partial charge in [-0.25, -0.2) is 4.79 Å². The van der Waals surface area contributed by atoms with Crippen LogP contribution in [0.5, 0.6) is 5.75 Å². The van der Waals surface area contributed by atoms with Gasteiger partial charge in [-0.15, -0.1) is 0 Å². The summed E-state index contributed by atoms with van der Waals surface area (Å²) in [5.74, 6) is 0.416. The van der Waals surface area contributed by atoms with Crippen LogP contribution in [-0.2, 0) is 9.53 Å². The molecule has 0 fully saturated rings. The molecule has 1 rings (SSSR count). The van der Waals surface area contributed by atoms with Gasteiger partial charge in [-0.1, -0.05) is 6.07 Å². The molecule has 0 atom stereocenters. The van der Waals surface area contributed by atoms with Crippen molar-refractivity contribution in [3.63, 3.8) is 0 Å². The average Bonchev–Trinajstić information content (AvgIpc) is 2.29. The maximum atomic E-state index is 11.2. The van der Waals surface area contributed by atoms with E-state index >= 15 is 0 Å². The molecule has 4 heteroatoms. The Morgan fingerprint density at radius 2 is 2.24 bits per heavy atom. The molecule has 0 aromatic heterocycles. The number of nitrogens with one attached hydrogen (secondary N) is 1. The SMILES string of the molecule is CCOC(=O)/C=C(\C)Nc1cccc(OC)c1. The highest BCUT2D eigenvalue weighted by Gasteiger charge is 1.99. The number of methoxy groups -OCH3 is 1. The number of rotatable bonds is 5. The molecule has 0 saturated carbocycles. The highest BCUT2D eigenvalue weighted by atomic mass is 16.5. The topological polar surface area (TPSA) is 47.6 Å². The third kappa shape index (κ3) is 4.59. The van der Waals surface area contributed by atoms with E-state index in [9.17, 15) is 4.79 Å². The predicted octanol–water partition coefficient (Wildman–Crippen LogP) is 2.57. The zero-order valence-electron chi connectivity index (χ0n) is 10.3. The van der Waals surface area contributed by atoms with Crippen molar-refractivity contribution in [2.75, 3.05) is 19.0 Å². The highest BCUT2D eigenvalue weighted by Crippen LogP contribution is 2.17. The minimum atomic E-state index is -0.347. The smallest absolute Gasteiger partial charge is 0.332 e. The number of allylic oxidation sites excluding steroid dienone is 1. The van der Waals surface area contributed by atoms with Crippen molar-refractivity contribution in [3.8, 4) is 5.75 Å². The summed E-state index contributed by atoms with van der Waals surface area (Å²) in [5.41, 5.74) is 1.58. The van der Waals surface area contributed by atoms with Crippen LogP contribution >= 0.6 is 0 Å². The van der Waals surface area contributed by atoms with Crippen molar-refractivity contribution >= 4 is 11.7 Å². The fourth-order valence-electron chi connectivity index (χ4n) is 1.33. The quantitative estimate of drug-likeness (QED) is 0.629. The van der Waals surface area contributed by atoms with Crippen LogP contribution in [0.25, 0.3) is 0 Å². The Hall–Kier alpha value is -1.97. The molecule has 0 aliphatic heterocycles. The van der Waals surface area contributed by atoms with Crippen LogP contribution in [0.3, 0.4) is 0 Å².